The standard InChI is InChI=1S/C25H31FN6O4/c1-17(2)28-23(33)16-31-24(19-5-6-20(26)21(14-19)35-3)29-32(25(31)34)22-7-4-18(15-27-22)8-9-30-10-12-36-13-11-30/h4-7,14-15,17H,8-13,16H2,1-3H3,(H,28,33). The van der Waals surface area contributed by atoms with Gasteiger partial charge in [-0.25, -0.2) is 14.2 Å². The van der Waals surface area contributed by atoms with Gasteiger partial charge in [0.2, 0.25) is 5.91 Å². The molecule has 0 aliphatic carbocycles. The molecule has 0 atom stereocenters. The maximum atomic E-state index is 14.0. The maximum Gasteiger partial charge on any atom is 0.352 e. The van der Waals surface area contributed by atoms with Crippen molar-refractivity contribution in [2.75, 3.05) is 40.0 Å². The van der Waals surface area contributed by atoms with E-state index in [-0.39, 0.29) is 30.1 Å². The number of nitrogens with one attached hydrogen (secondary N) is 1. The fourth-order valence-corrected chi connectivity index (χ4v) is 4.01. The summed E-state index contributed by atoms with van der Waals surface area (Å²) in [5, 5.41) is 7.24. The van der Waals surface area contributed by atoms with E-state index < -0.39 is 11.5 Å². The molecule has 0 radical (unpaired) electrons. The van der Waals surface area contributed by atoms with Crippen LogP contribution in [0.4, 0.5) is 4.39 Å². The predicted octanol–water partition coefficient (Wildman–Crippen LogP) is 1.64. The third kappa shape index (κ3) is 5.97. The van der Waals surface area contributed by atoms with Crippen molar-refractivity contribution in [2.24, 2.45) is 0 Å². The van der Waals surface area contributed by atoms with Crippen LogP contribution in [0.1, 0.15) is 19.4 Å². The van der Waals surface area contributed by atoms with Crippen molar-refractivity contribution in [3.63, 3.8) is 0 Å². The molecule has 0 spiro atoms. The first-order valence-corrected chi connectivity index (χ1v) is 11.9. The zero-order valence-electron chi connectivity index (χ0n) is 20.7. The fourth-order valence-electron chi connectivity index (χ4n) is 4.01. The second kappa shape index (κ2) is 11.4. The number of nitrogens with zero attached hydrogens (tertiary/aromatic N) is 5. The summed E-state index contributed by atoms with van der Waals surface area (Å²) in [4.78, 5) is 32.6. The Labute approximate surface area is 208 Å². The van der Waals surface area contributed by atoms with Crippen LogP contribution in [0, 0.1) is 5.82 Å². The molecule has 10 nitrogen and oxygen atoms in total. The molecule has 1 amide bonds. The van der Waals surface area contributed by atoms with Gasteiger partial charge in [0, 0.05) is 37.4 Å². The number of aromatic nitrogens is 4. The van der Waals surface area contributed by atoms with Gasteiger partial charge in [-0.3, -0.25) is 14.3 Å². The minimum atomic E-state index is -0.540. The normalized spacial score (nSPS) is 14.2. The van der Waals surface area contributed by atoms with Gasteiger partial charge in [-0.2, -0.15) is 4.68 Å². The molecular weight excluding hydrogens is 467 g/mol. The summed E-state index contributed by atoms with van der Waals surface area (Å²) in [6.45, 7) is 7.66. The molecule has 0 unspecified atom stereocenters. The third-order valence-electron chi connectivity index (χ3n) is 5.87. The number of morpholine rings is 1. The Kier molecular flexibility index (Phi) is 8.11. The number of carbonyl (C=O) groups excluding carboxylic acids is 1. The van der Waals surface area contributed by atoms with Crippen LogP contribution in [-0.4, -0.2) is 76.1 Å². The number of benzene rings is 1. The van der Waals surface area contributed by atoms with Crippen LogP contribution in [0.25, 0.3) is 17.2 Å². The summed E-state index contributed by atoms with van der Waals surface area (Å²) in [7, 11) is 1.36. The molecule has 1 aliphatic rings. The molecule has 1 aromatic carbocycles. The monoisotopic (exact) mass is 498 g/mol. The van der Waals surface area contributed by atoms with Crippen molar-refractivity contribution in [1.82, 2.24) is 29.5 Å². The highest BCUT2D eigenvalue weighted by molar-refractivity contribution is 5.76. The van der Waals surface area contributed by atoms with Crippen molar-refractivity contribution in [1.29, 1.82) is 0 Å². The van der Waals surface area contributed by atoms with E-state index in [2.05, 4.69) is 20.3 Å². The van der Waals surface area contributed by atoms with Gasteiger partial charge in [-0.05, 0) is 50.1 Å². The van der Waals surface area contributed by atoms with E-state index in [1.807, 2.05) is 19.9 Å². The first kappa shape index (κ1) is 25.5. The van der Waals surface area contributed by atoms with Gasteiger partial charge < -0.3 is 14.8 Å². The molecule has 2 aromatic heterocycles. The van der Waals surface area contributed by atoms with Gasteiger partial charge in [0.1, 0.15) is 6.54 Å². The number of rotatable bonds is 9. The molecule has 1 saturated heterocycles. The summed E-state index contributed by atoms with van der Waals surface area (Å²) in [6, 6.07) is 7.72. The average molecular weight is 499 g/mol. The lowest BCUT2D eigenvalue weighted by molar-refractivity contribution is -0.122. The van der Waals surface area contributed by atoms with Crippen LogP contribution < -0.4 is 15.7 Å². The lowest BCUT2D eigenvalue weighted by Gasteiger charge is -2.26. The summed E-state index contributed by atoms with van der Waals surface area (Å²) >= 11 is 0. The van der Waals surface area contributed by atoms with Crippen LogP contribution >= 0.6 is 0 Å². The molecule has 36 heavy (non-hydrogen) atoms. The maximum absolute atomic E-state index is 14.0. The van der Waals surface area contributed by atoms with Gasteiger partial charge in [0.15, 0.2) is 23.2 Å². The minimum absolute atomic E-state index is 0.00965. The van der Waals surface area contributed by atoms with E-state index in [0.29, 0.717) is 11.4 Å². The Morgan fingerprint density at radius 2 is 2.00 bits per heavy atom. The smallest absolute Gasteiger partial charge is 0.352 e. The van der Waals surface area contributed by atoms with Gasteiger partial charge >= 0.3 is 5.69 Å². The quantitative estimate of drug-likeness (QED) is 0.478. The topological polar surface area (TPSA) is 104 Å². The Balaban J connectivity index is 1.63. The number of methoxy groups -OCH3 is 1. The van der Waals surface area contributed by atoms with Gasteiger partial charge in [-0.15, -0.1) is 5.10 Å². The fraction of sp³-hybridized carbons (Fsp3) is 0.440. The van der Waals surface area contributed by atoms with E-state index in [1.54, 1.807) is 12.3 Å². The summed E-state index contributed by atoms with van der Waals surface area (Å²) in [6.07, 6.45) is 2.56. The number of hydrogen-bond donors (Lipinski definition) is 1. The number of pyridine rings is 1. The van der Waals surface area contributed by atoms with Crippen molar-refractivity contribution in [3.05, 3.63) is 58.4 Å². The van der Waals surface area contributed by atoms with Crippen LogP contribution in [0.2, 0.25) is 0 Å². The van der Waals surface area contributed by atoms with Gasteiger partial charge in [0.25, 0.3) is 0 Å². The lowest BCUT2D eigenvalue weighted by Crippen LogP contribution is -2.37. The highest BCUT2D eigenvalue weighted by Gasteiger charge is 2.21. The highest BCUT2D eigenvalue weighted by atomic mass is 19.1. The number of ether oxygens (including phenoxy) is 2. The summed E-state index contributed by atoms with van der Waals surface area (Å²) in [5.74, 6) is -0.339. The van der Waals surface area contributed by atoms with Crippen LogP contribution in [0.3, 0.4) is 0 Å². The second-order valence-electron chi connectivity index (χ2n) is 8.90. The molecule has 11 heteroatoms. The number of amides is 1. The lowest BCUT2D eigenvalue weighted by atomic mass is 10.2. The van der Waals surface area contributed by atoms with Crippen molar-refractivity contribution >= 4 is 5.91 Å². The molecule has 0 bridgehead atoms. The summed E-state index contributed by atoms with van der Waals surface area (Å²) in [5.41, 5.74) is 0.946. The van der Waals surface area contributed by atoms with E-state index in [1.165, 1.54) is 29.9 Å². The molecule has 3 heterocycles. The zero-order chi connectivity index (χ0) is 25.7. The highest BCUT2D eigenvalue weighted by Crippen LogP contribution is 2.25. The first-order chi connectivity index (χ1) is 17.4. The van der Waals surface area contributed by atoms with Crippen molar-refractivity contribution in [2.45, 2.75) is 32.9 Å². The zero-order valence-corrected chi connectivity index (χ0v) is 20.7. The Bertz CT molecular complexity index is 1250. The number of hydrogen-bond acceptors (Lipinski definition) is 7. The van der Waals surface area contributed by atoms with Gasteiger partial charge in [0.05, 0.1) is 20.3 Å². The molecule has 0 saturated carbocycles. The van der Waals surface area contributed by atoms with E-state index in [9.17, 15) is 14.0 Å². The Morgan fingerprint density at radius 3 is 2.67 bits per heavy atom. The molecule has 3 aromatic rings. The Morgan fingerprint density at radius 1 is 1.22 bits per heavy atom. The number of halogens is 1. The Hall–Kier alpha value is -3.57. The van der Waals surface area contributed by atoms with Crippen LogP contribution in [0.15, 0.2) is 41.3 Å². The van der Waals surface area contributed by atoms with Crippen molar-refractivity contribution in [3.8, 4) is 23.0 Å². The molecular formula is C25H31FN6O4. The average Bonchev–Trinajstić information content (AvgIpc) is 3.19. The van der Waals surface area contributed by atoms with E-state index in [4.69, 9.17) is 9.47 Å². The SMILES string of the molecule is COc1cc(-c2nn(-c3ccc(CCN4CCOCC4)cn3)c(=O)n2CC(=O)NC(C)C)ccc1F. The van der Waals surface area contributed by atoms with E-state index >= 15 is 0 Å². The molecule has 4 rings (SSSR count). The molecule has 1 aliphatic heterocycles. The van der Waals surface area contributed by atoms with Crippen LogP contribution in [-0.2, 0) is 22.5 Å². The second-order valence-corrected chi connectivity index (χ2v) is 8.90. The first-order valence-electron chi connectivity index (χ1n) is 11.9. The predicted molar refractivity (Wildman–Crippen MR) is 132 cm³/mol. The third-order valence-corrected chi connectivity index (χ3v) is 5.87. The number of carbonyl (C=O) groups is 1. The summed E-state index contributed by atoms with van der Waals surface area (Å²) < 4.78 is 26.9. The van der Waals surface area contributed by atoms with Crippen LogP contribution in [0.5, 0.6) is 5.75 Å². The van der Waals surface area contributed by atoms with Gasteiger partial charge in [-0.1, -0.05) is 6.07 Å². The van der Waals surface area contributed by atoms with Crippen molar-refractivity contribution < 1.29 is 18.7 Å². The molecule has 1 N–H and O–H groups in total. The van der Waals surface area contributed by atoms with E-state index in [0.717, 1.165) is 49.5 Å². The minimum Gasteiger partial charge on any atom is -0.494 e. The molecule has 1 fully saturated rings. The molecule has 192 valence electrons. The largest absolute Gasteiger partial charge is 0.494 e.